The Hall–Kier alpha value is -0.340. The van der Waals surface area contributed by atoms with Crippen molar-refractivity contribution in [1.82, 2.24) is 0 Å². The number of halogens is 1. The van der Waals surface area contributed by atoms with E-state index in [0.29, 0.717) is 0 Å². The van der Waals surface area contributed by atoms with Crippen LogP contribution in [0.3, 0.4) is 0 Å². The van der Waals surface area contributed by atoms with Crippen LogP contribution < -0.4 is 5.73 Å². The van der Waals surface area contributed by atoms with Gasteiger partial charge in [0, 0.05) is 10.0 Å². The van der Waals surface area contributed by atoms with E-state index in [4.69, 9.17) is 5.73 Å². The molecule has 2 N–H and O–H groups in total. The largest absolute Gasteiger partial charge is 0.321 e. The Morgan fingerprint density at radius 2 is 2.14 bits per heavy atom. The molecule has 0 radical (unpaired) electrons. The Labute approximate surface area is 93.8 Å². The highest BCUT2D eigenvalue weighted by atomic mass is 79.9. The zero-order chi connectivity index (χ0) is 10.2. The van der Waals surface area contributed by atoms with Crippen LogP contribution in [-0.2, 0) is 5.54 Å². The maximum absolute atomic E-state index is 6.44. The highest BCUT2D eigenvalue weighted by Gasteiger charge is 2.36. The molecule has 2 rings (SSSR count). The number of hydrogen-bond donors (Lipinski definition) is 1. The van der Waals surface area contributed by atoms with E-state index in [0.717, 1.165) is 23.2 Å². The zero-order valence-electron chi connectivity index (χ0n) is 8.46. The Balaban J connectivity index is 2.35. The van der Waals surface area contributed by atoms with Gasteiger partial charge in [-0.05, 0) is 36.8 Å². The summed E-state index contributed by atoms with van der Waals surface area (Å²) >= 11 is 3.58. The molecule has 0 aliphatic heterocycles. The summed E-state index contributed by atoms with van der Waals surface area (Å²) in [7, 11) is 0. The fraction of sp³-hybridized carbons (Fsp3) is 0.500. The summed E-state index contributed by atoms with van der Waals surface area (Å²) in [4.78, 5) is 0. The zero-order valence-corrected chi connectivity index (χ0v) is 10.0. The van der Waals surface area contributed by atoms with Gasteiger partial charge in [0.25, 0.3) is 0 Å². The van der Waals surface area contributed by atoms with Gasteiger partial charge < -0.3 is 5.73 Å². The van der Waals surface area contributed by atoms with Crippen LogP contribution in [0.25, 0.3) is 0 Å². The van der Waals surface area contributed by atoms with Crippen molar-refractivity contribution >= 4 is 15.9 Å². The minimum atomic E-state index is -0.0977. The second-order valence-corrected chi connectivity index (χ2v) is 5.34. The molecular formula is C12H16BrN. The van der Waals surface area contributed by atoms with Gasteiger partial charge in [-0.2, -0.15) is 0 Å². The quantitative estimate of drug-likeness (QED) is 0.816. The highest BCUT2D eigenvalue weighted by molar-refractivity contribution is 9.10. The lowest BCUT2D eigenvalue weighted by atomic mass is 9.89. The maximum Gasteiger partial charge on any atom is 0.0423 e. The molecule has 14 heavy (non-hydrogen) atoms. The van der Waals surface area contributed by atoms with Crippen molar-refractivity contribution in [2.24, 2.45) is 11.7 Å². The molecule has 1 fully saturated rings. The number of nitrogens with two attached hydrogens (primary N) is 1. The standard InChI is InChI=1S/C12H16BrN/c1-9-6-7-12(14,8-9)10-4-2-3-5-11(10)13/h2-5,9H,6-8,14H2,1H3. The van der Waals surface area contributed by atoms with E-state index in [1.807, 2.05) is 6.07 Å². The molecule has 1 aliphatic carbocycles. The van der Waals surface area contributed by atoms with Gasteiger partial charge in [0.1, 0.15) is 0 Å². The fourth-order valence-electron chi connectivity index (χ4n) is 2.44. The van der Waals surface area contributed by atoms with Crippen LogP contribution in [-0.4, -0.2) is 0 Å². The summed E-state index contributed by atoms with van der Waals surface area (Å²) in [6.45, 7) is 2.28. The Bertz CT molecular complexity index is 337. The molecule has 76 valence electrons. The molecule has 1 aromatic rings. The van der Waals surface area contributed by atoms with E-state index in [2.05, 4.69) is 41.1 Å². The third-order valence-corrected chi connectivity index (χ3v) is 3.90. The minimum absolute atomic E-state index is 0.0977. The van der Waals surface area contributed by atoms with Crippen molar-refractivity contribution in [3.8, 4) is 0 Å². The lowest BCUT2D eigenvalue weighted by Gasteiger charge is -2.25. The molecule has 0 amide bonds. The molecule has 2 atom stereocenters. The molecule has 1 saturated carbocycles. The van der Waals surface area contributed by atoms with Crippen molar-refractivity contribution in [2.75, 3.05) is 0 Å². The smallest absolute Gasteiger partial charge is 0.0423 e. The van der Waals surface area contributed by atoms with Gasteiger partial charge in [-0.25, -0.2) is 0 Å². The topological polar surface area (TPSA) is 26.0 Å². The predicted molar refractivity (Wildman–Crippen MR) is 63.0 cm³/mol. The lowest BCUT2D eigenvalue weighted by molar-refractivity contribution is 0.439. The second-order valence-electron chi connectivity index (χ2n) is 4.48. The second kappa shape index (κ2) is 3.67. The molecule has 0 heterocycles. The third kappa shape index (κ3) is 1.73. The van der Waals surface area contributed by atoms with Crippen LogP contribution in [0.4, 0.5) is 0 Å². The molecular weight excluding hydrogens is 238 g/mol. The number of hydrogen-bond acceptors (Lipinski definition) is 1. The molecule has 0 bridgehead atoms. The Morgan fingerprint density at radius 1 is 1.43 bits per heavy atom. The summed E-state index contributed by atoms with van der Waals surface area (Å²) in [6.07, 6.45) is 3.46. The van der Waals surface area contributed by atoms with Gasteiger partial charge in [-0.15, -0.1) is 0 Å². The molecule has 2 heteroatoms. The number of benzene rings is 1. The van der Waals surface area contributed by atoms with E-state index in [1.54, 1.807) is 0 Å². The van der Waals surface area contributed by atoms with Crippen LogP contribution >= 0.6 is 15.9 Å². The van der Waals surface area contributed by atoms with E-state index < -0.39 is 0 Å². The van der Waals surface area contributed by atoms with Gasteiger partial charge in [-0.3, -0.25) is 0 Å². The molecule has 1 aliphatic rings. The molecule has 1 aromatic carbocycles. The summed E-state index contributed by atoms with van der Waals surface area (Å²) < 4.78 is 1.15. The van der Waals surface area contributed by atoms with E-state index >= 15 is 0 Å². The van der Waals surface area contributed by atoms with Crippen molar-refractivity contribution in [3.63, 3.8) is 0 Å². The van der Waals surface area contributed by atoms with Crippen LogP contribution in [0.2, 0.25) is 0 Å². The van der Waals surface area contributed by atoms with Gasteiger partial charge in [-0.1, -0.05) is 41.1 Å². The average molecular weight is 254 g/mol. The van der Waals surface area contributed by atoms with E-state index in [-0.39, 0.29) is 5.54 Å². The lowest BCUT2D eigenvalue weighted by Crippen LogP contribution is -2.33. The van der Waals surface area contributed by atoms with Crippen LogP contribution in [0, 0.1) is 5.92 Å². The Kier molecular flexibility index (Phi) is 2.67. The van der Waals surface area contributed by atoms with Gasteiger partial charge in [0.15, 0.2) is 0 Å². The summed E-state index contributed by atoms with van der Waals surface area (Å²) in [5, 5.41) is 0. The first-order valence-corrected chi connectivity index (χ1v) is 5.95. The van der Waals surface area contributed by atoms with Crippen molar-refractivity contribution < 1.29 is 0 Å². The van der Waals surface area contributed by atoms with E-state index in [1.165, 1.54) is 12.0 Å². The summed E-state index contributed by atoms with van der Waals surface area (Å²) in [5.74, 6) is 0.757. The summed E-state index contributed by atoms with van der Waals surface area (Å²) in [6, 6.07) is 8.32. The van der Waals surface area contributed by atoms with Gasteiger partial charge in [0.05, 0.1) is 0 Å². The minimum Gasteiger partial charge on any atom is -0.321 e. The first-order chi connectivity index (χ1) is 6.62. The summed E-state index contributed by atoms with van der Waals surface area (Å²) in [5.41, 5.74) is 7.61. The van der Waals surface area contributed by atoms with E-state index in [9.17, 15) is 0 Å². The molecule has 0 aromatic heterocycles. The molecule has 0 saturated heterocycles. The SMILES string of the molecule is CC1CCC(N)(c2ccccc2Br)C1. The van der Waals surface area contributed by atoms with Crippen molar-refractivity contribution in [2.45, 2.75) is 31.7 Å². The monoisotopic (exact) mass is 253 g/mol. The highest BCUT2D eigenvalue weighted by Crippen LogP contribution is 2.42. The molecule has 0 spiro atoms. The fourth-order valence-corrected chi connectivity index (χ4v) is 3.12. The maximum atomic E-state index is 6.44. The average Bonchev–Trinajstić information content (AvgIpc) is 2.48. The van der Waals surface area contributed by atoms with Crippen molar-refractivity contribution in [1.29, 1.82) is 0 Å². The van der Waals surface area contributed by atoms with Gasteiger partial charge in [0.2, 0.25) is 0 Å². The van der Waals surface area contributed by atoms with Gasteiger partial charge >= 0.3 is 0 Å². The molecule has 1 nitrogen and oxygen atoms in total. The third-order valence-electron chi connectivity index (χ3n) is 3.21. The van der Waals surface area contributed by atoms with Crippen LogP contribution in [0.15, 0.2) is 28.7 Å². The molecule has 2 unspecified atom stereocenters. The van der Waals surface area contributed by atoms with Crippen molar-refractivity contribution in [3.05, 3.63) is 34.3 Å². The normalized spacial score (nSPS) is 32.1. The predicted octanol–water partition coefficient (Wildman–Crippen LogP) is 3.42. The first-order valence-electron chi connectivity index (χ1n) is 5.16. The Morgan fingerprint density at radius 3 is 2.71 bits per heavy atom. The first kappa shape index (κ1) is 10.2. The van der Waals surface area contributed by atoms with Crippen LogP contribution in [0.5, 0.6) is 0 Å². The van der Waals surface area contributed by atoms with Crippen LogP contribution in [0.1, 0.15) is 31.7 Å². The number of rotatable bonds is 1.